The molecule has 8 nitrogen and oxygen atoms in total. The molecule has 1 saturated heterocycles. The number of benzene rings is 3. The van der Waals surface area contributed by atoms with Gasteiger partial charge in [0.05, 0.1) is 16.8 Å². The van der Waals surface area contributed by atoms with Crippen molar-refractivity contribution >= 4 is 45.5 Å². The first-order valence-electron chi connectivity index (χ1n) is 12.0. The SMILES string of the molecule is CCOc1cc(C=C2C(=O)NC(=O)N(c3cccc(C)c3)C2=O)cc(Br)c1OCCOc1ccc(C)cc1. The summed E-state index contributed by atoms with van der Waals surface area (Å²) >= 11 is 3.51. The van der Waals surface area contributed by atoms with Crippen molar-refractivity contribution in [2.24, 2.45) is 0 Å². The molecule has 0 spiro atoms. The average Bonchev–Trinajstić information content (AvgIpc) is 2.87. The van der Waals surface area contributed by atoms with Crippen LogP contribution in [0.4, 0.5) is 10.5 Å². The third-order valence-corrected chi connectivity index (χ3v) is 6.21. The van der Waals surface area contributed by atoms with Gasteiger partial charge in [-0.15, -0.1) is 0 Å². The van der Waals surface area contributed by atoms with Crippen LogP contribution in [0.1, 0.15) is 23.6 Å². The first kappa shape index (κ1) is 26.9. The Morgan fingerprint density at radius 1 is 0.895 bits per heavy atom. The number of amides is 4. The van der Waals surface area contributed by atoms with Crippen molar-refractivity contribution < 1.29 is 28.6 Å². The number of hydrogen-bond donors (Lipinski definition) is 1. The molecule has 0 saturated carbocycles. The van der Waals surface area contributed by atoms with Crippen molar-refractivity contribution in [2.75, 3.05) is 24.7 Å². The fourth-order valence-electron chi connectivity index (χ4n) is 3.84. The first-order valence-corrected chi connectivity index (χ1v) is 12.8. The van der Waals surface area contributed by atoms with Crippen molar-refractivity contribution in [3.8, 4) is 17.2 Å². The molecular formula is C29H27BrN2O6. The minimum atomic E-state index is -0.796. The number of carbonyl (C=O) groups is 3. The van der Waals surface area contributed by atoms with E-state index in [1.165, 1.54) is 6.08 Å². The number of carbonyl (C=O) groups excluding carboxylic acids is 3. The predicted molar refractivity (Wildman–Crippen MR) is 148 cm³/mol. The molecule has 4 rings (SSSR count). The van der Waals surface area contributed by atoms with E-state index in [4.69, 9.17) is 14.2 Å². The Balaban J connectivity index is 1.55. The molecule has 0 aromatic heterocycles. The Labute approximate surface area is 229 Å². The number of hydrogen-bond acceptors (Lipinski definition) is 6. The van der Waals surface area contributed by atoms with Gasteiger partial charge in [-0.2, -0.15) is 0 Å². The molecule has 9 heteroatoms. The molecule has 196 valence electrons. The molecule has 1 aliphatic heterocycles. The summed E-state index contributed by atoms with van der Waals surface area (Å²) in [7, 11) is 0. The molecule has 4 amide bonds. The van der Waals surface area contributed by atoms with E-state index in [1.807, 2.05) is 51.1 Å². The summed E-state index contributed by atoms with van der Waals surface area (Å²) in [5.41, 5.74) is 2.73. The number of halogens is 1. The van der Waals surface area contributed by atoms with E-state index >= 15 is 0 Å². The molecule has 1 fully saturated rings. The van der Waals surface area contributed by atoms with Crippen molar-refractivity contribution in [1.82, 2.24) is 5.32 Å². The van der Waals surface area contributed by atoms with E-state index in [1.54, 1.807) is 30.3 Å². The summed E-state index contributed by atoms with van der Waals surface area (Å²) in [6, 6.07) is 17.2. The summed E-state index contributed by atoms with van der Waals surface area (Å²) in [5, 5.41) is 2.24. The summed E-state index contributed by atoms with van der Waals surface area (Å²) in [4.78, 5) is 39.3. The molecule has 1 N–H and O–H groups in total. The van der Waals surface area contributed by atoms with Crippen LogP contribution in [0.5, 0.6) is 17.2 Å². The van der Waals surface area contributed by atoms with Gasteiger partial charge in [0.1, 0.15) is 24.5 Å². The number of nitrogens with one attached hydrogen (secondary N) is 1. The van der Waals surface area contributed by atoms with Gasteiger partial charge in [-0.25, -0.2) is 9.69 Å². The van der Waals surface area contributed by atoms with E-state index in [9.17, 15) is 14.4 Å². The zero-order valence-electron chi connectivity index (χ0n) is 21.2. The highest BCUT2D eigenvalue weighted by molar-refractivity contribution is 9.10. The lowest BCUT2D eigenvalue weighted by atomic mass is 10.1. The molecule has 38 heavy (non-hydrogen) atoms. The predicted octanol–water partition coefficient (Wildman–Crippen LogP) is 5.59. The summed E-state index contributed by atoms with van der Waals surface area (Å²) < 4.78 is 18.0. The van der Waals surface area contributed by atoms with E-state index in [0.717, 1.165) is 21.8 Å². The molecule has 3 aromatic rings. The van der Waals surface area contributed by atoms with Gasteiger partial charge < -0.3 is 14.2 Å². The highest BCUT2D eigenvalue weighted by Gasteiger charge is 2.37. The fourth-order valence-corrected chi connectivity index (χ4v) is 4.41. The lowest BCUT2D eigenvalue weighted by Crippen LogP contribution is -2.54. The van der Waals surface area contributed by atoms with Gasteiger partial charge >= 0.3 is 6.03 Å². The number of ether oxygens (including phenoxy) is 3. The van der Waals surface area contributed by atoms with Gasteiger partial charge in [-0.05, 0) is 90.3 Å². The third-order valence-electron chi connectivity index (χ3n) is 5.62. The maximum Gasteiger partial charge on any atom is 0.335 e. The molecule has 0 atom stereocenters. The smallest absolute Gasteiger partial charge is 0.335 e. The van der Waals surface area contributed by atoms with Gasteiger partial charge in [-0.3, -0.25) is 14.9 Å². The van der Waals surface area contributed by atoms with E-state index in [0.29, 0.717) is 40.4 Å². The fraction of sp³-hybridized carbons (Fsp3) is 0.207. The zero-order chi connectivity index (χ0) is 27.2. The number of anilines is 1. The van der Waals surface area contributed by atoms with Crippen LogP contribution in [0.15, 0.2) is 70.7 Å². The monoisotopic (exact) mass is 578 g/mol. The zero-order valence-corrected chi connectivity index (χ0v) is 22.8. The number of barbiturate groups is 1. The van der Waals surface area contributed by atoms with Crippen molar-refractivity contribution in [3.05, 3.63) is 87.4 Å². The van der Waals surface area contributed by atoms with Gasteiger partial charge in [0.15, 0.2) is 11.5 Å². The number of aryl methyl sites for hydroxylation is 2. The topological polar surface area (TPSA) is 94.2 Å². The van der Waals surface area contributed by atoms with Crippen LogP contribution in [0.3, 0.4) is 0 Å². The van der Waals surface area contributed by atoms with Crippen molar-refractivity contribution in [2.45, 2.75) is 20.8 Å². The van der Waals surface area contributed by atoms with Crippen LogP contribution < -0.4 is 24.4 Å². The minimum Gasteiger partial charge on any atom is -0.490 e. The van der Waals surface area contributed by atoms with Crippen LogP contribution >= 0.6 is 15.9 Å². The maximum atomic E-state index is 13.2. The lowest BCUT2D eigenvalue weighted by molar-refractivity contribution is -0.122. The van der Waals surface area contributed by atoms with E-state index in [2.05, 4.69) is 21.2 Å². The number of rotatable bonds is 9. The maximum absolute atomic E-state index is 13.2. The number of urea groups is 1. The normalized spacial score (nSPS) is 14.5. The molecule has 0 radical (unpaired) electrons. The molecule has 1 aliphatic rings. The van der Waals surface area contributed by atoms with Crippen LogP contribution in [0, 0.1) is 13.8 Å². The van der Waals surface area contributed by atoms with Crippen LogP contribution in [0.2, 0.25) is 0 Å². The van der Waals surface area contributed by atoms with Crippen LogP contribution in [-0.4, -0.2) is 37.7 Å². The van der Waals surface area contributed by atoms with Crippen molar-refractivity contribution in [1.29, 1.82) is 0 Å². The molecular weight excluding hydrogens is 552 g/mol. The Bertz CT molecular complexity index is 1400. The molecule has 1 heterocycles. The van der Waals surface area contributed by atoms with Crippen LogP contribution in [0.25, 0.3) is 6.08 Å². The van der Waals surface area contributed by atoms with Crippen molar-refractivity contribution in [3.63, 3.8) is 0 Å². The highest BCUT2D eigenvalue weighted by Crippen LogP contribution is 2.38. The van der Waals surface area contributed by atoms with E-state index in [-0.39, 0.29) is 12.2 Å². The second-order valence-corrected chi connectivity index (χ2v) is 9.42. The van der Waals surface area contributed by atoms with Gasteiger partial charge in [0.2, 0.25) is 0 Å². The minimum absolute atomic E-state index is 0.180. The van der Waals surface area contributed by atoms with Gasteiger partial charge in [-0.1, -0.05) is 29.8 Å². The average molecular weight is 579 g/mol. The Morgan fingerprint density at radius 3 is 2.34 bits per heavy atom. The third kappa shape index (κ3) is 6.23. The number of nitrogens with zero attached hydrogens (tertiary/aromatic N) is 1. The molecule has 0 unspecified atom stereocenters. The Morgan fingerprint density at radius 2 is 1.63 bits per heavy atom. The molecule has 0 bridgehead atoms. The second kappa shape index (κ2) is 12.0. The standard InChI is InChI=1S/C29H27BrN2O6/c1-4-36-25-17-20(16-24(30)26(25)38-13-12-37-22-10-8-18(2)9-11-22)15-23-27(33)31-29(35)32(28(23)34)21-7-5-6-19(3)14-21/h5-11,14-17H,4,12-13H2,1-3H3,(H,31,33,35). The number of imide groups is 2. The van der Waals surface area contributed by atoms with Crippen LogP contribution in [-0.2, 0) is 9.59 Å². The highest BCUT2D eigenvalue weighted by atomic mass is 79.9. The summed E-state index contributed by atoms with van der Waals surface area (Å²) in [5.74, 6) is 0.161. The lowest BCUT2D eigenvalue weighted by Gasteiger charge is -2.26. The Kier molecular flexibility index (Phi) is 8.48. The molecule has 0 aliphatic carbocycles. The molecule has 3 aromatic carbocycles. The first-order chi connectivity index (χ1) is 18.3. The van der Waals surface area contributed by atoms with E-state index < -0.39 is 17.8 Å². The van der Waals surface area contributed by atoms with Gasteiger partial charge in [0, 0.05) is 0 Å². The largest absolute Gasteiger partial charge is 0.490 e. The second-order valence-electron chi connectivity index (χ2n) is 8.57. The summed E-state index contributed by atoms with van der Waals surface area (Å²) in [6.07, 6.45) is 1.42. The summed E-state index contributed by atoms with van der Waals surface area (Å²) in [6.45, 7) is 6.66. The van der Waals surface area contributed by atoms with Gasteiger partial charge in [0.25, 0.3) is 11.8 Å². The Hall–Kier alpha value is -4.11. The quantitative estimate of drug-likeness (QED) is 0.202.